The summed E-state index contributed by atoms with van der Waals surface area (Å²) in [6, 6.07) is 2.78. The average molecular weight is 306 g/mol. The molecule has 1 aromatic rings. The zero-order valence-corrected chi connectivity index (χ0v) is 12.1. The molecule has 2 amide bonds. The quantitative estimate of drug-likeness (QED) is 0.884. The predicted molar refractivity (Wildman–Crippen MR) is 74.6 cm³/mol. The van der Waals surface area contributed by atoms with Gasteiger partial charge in [-0.3, -0.25) is 9.59 Å². The predicted octanol–water partition coefficient (Wildman–Crippen LogP) is 0.704. The lowest BCUT2D eigenvalue weighted by atomic mass is 10.1. The highest BCUT2D eigenvalue weighted by Crippen LogP contribution is 2.26. The summed E-state index contributed by atoms with van der Waals surface area (Å²) < 4.78 is 5.22. The van der Waals surface area contributed by atoms with Gasteiger partial charge in [-0.2, -0.15) is 0 Å². The van der Waals surface area contributed by atoms with Crippen LogP contribution in [0.1, 0.15) is 25.0 Å². The molecule has 0 radical (unpaired) electrons. The van der Waals surface area contributed by atoms with Crippen molar-refractivity contribution in [2.45, 2.75) is 31.8 Å². The number of carbonyl (C=O) groups is 3. The van der Waals surface area contributed by atoms with Gasteiger partial charge in [0.2, 0.25) is 11.8 Å². The molecule has 0 saturated carbocycles. The summed E-state index contributed by atoms with van der Waals surface area (Å²) in [5.41, 5.74) is 0. The second kappa shape index (κ2) is 5.82. The van der Waals surface area contributed by atoms with Gasteiger partial charge in [0, 0.05) is 19.5 Å². The van der Waals surface area contributed by atoms with E-state index in [9.17, 15) is 14.4 Å². The first-order valence-electron chi connectivity index (χ1n) is 7.39. The molecular formula is C15H18N2O5. The molecule has 3 heterocycles. The van der Waals surface area contributed by atoms with Crippen LogP contribution in [-0.2, 0) is 20.9 Å². The molecular weight excluding hydrogens is 288 g/mol. The molecule has 0 aromatic carbocycles. The molecule has 3 rings (SSSR count). The summed E-state index contributed by atoms with van der Waals surface area (Å²) >= 11 is 0. The Balaban J connectivity index is 1.65. The van der Waals surface area contributed by atoms with Crippen LogP contribution in [0.15, 0.2) is 22.8 Å². The van der Waals surface area contributed by atoms with Crippen LogP contribution in [0.25, 0.3) is 0 Å². The van der Waals surface area contributed by atoms with Gasteiger partial charge in [0.25, 0.3) is 0 Å². The van der Waals surface area contributed by atoms with Crippen LogP contribution in [0.5, 0.6) is 0 Å². The number of rotatable bonds is 4. The fourth-order valence-corrected chi connectivity index (χ4v) is 3.20. The molecule has 22 heavy (non-hydrogen) atoms. The van der Waals surface area contributed by atoms with Crippen LogP contribution in [0, 0.1) is 5.92 Å². The van der Waals surface area contributed by atoms with Crippen LogP contribution in [-0.4, -0.2) is 51.8 Å². The minimum Gasteiger partial charge on any atom is -0.480 e. The Labute approximate surface area is 127 Å². The van der Waals surface area contributed by atoms with E-state index in [0.717, 1.165) is 0 Å². The monoisotopic (exact) mass is 306 g/mol. The Morgan fingerprint density at radius 1 is 1.41 bits per heavy atom. The highest BCUT2D eigenvalue weighted by molar-refractivity contribution is 5.91. The van der Waals surface area contributed by atoms with Gasteiger partial charge in [0.15, 0.2) is 0 Å². The maximum Gasteiger partial charge on any atom is 0.326 e. The molecule has 2 atom stereocenters. The van der Waals surface area contributed by atoms with E-state index in [4.69, 9.17) is 9.52 Å². The van der Waals surface area contributed by atoms with Gasteiger partial charge >= 0.3 is 5.97 Å². The highest BCUT2D eigenvalue weighted by atomic mass is 16.4. The van der Waals surface area contributed by atoms with Gasteiger partial charge < -0.3 is 19.3 Å². The zero-order valence-electron chi connectivity index (χ0n) is 12.1. The Hall–Kier alpha value is -2.31. The first kappa shape index (κ1) is 14.6. The van der Waals surface area contributed by atoms with Crippen molar-refractivity contribution in [3.63, 3.8) is 0 Å². The van der Waals surface area contributed by atoms with Crippen LogP contribution in [0.2, 0.25) is 0 Å². The lowest BCUT2D eigenvalue weighted by Crippen LogP contribution is -2.44. The number of carbonyl (C=O) groups excluding carboxylic acids is 2. The van der Waals surface area contributed by atoms with Gasteiger partial charge in [-0.1, -0.05) is 0 Å². The summed E-state index contributed by atoms with van der Waals surface area (Å²) in [4.78, 5) is 38.8. The number of furan rings is 1. The number of hydrogen-bond donors (Lipinski definition) is 1. The lowest BCUT2D eigenvalue weighted by Gasteiger charge is -2.24. The molecule has 2 aliphatic rings. The molecule has 1 N–H and O–H groups in total. The van der Waals surface area contributed by atoms with E-state index in [0.29, 0.717) is 38.2 Å². The third-order valence-corrected chi connectivity index (χ3v) is 4.31. The van der Waals surface area contributed by atoms with Gasteiger partial charge in [-0.15, -0.1) is 0 Å². The number of nitrogens with zero attached hydrogens (tertiary/aromatic N) is 2. The number of carboxylic acid groups (broad SMARTS) is 1. The molecule has 7 nitrogen and oxygen atoms in total. The first-order valence-corrected chi connectivity index (χ1v) is 7.39. The second-order valence-corrected chi connectivity index (χ2v) is 5.78. The average Bonchev–Trinajstić information content (AvgIpc) is 3.20. The number of likely N-dealkylation sites (tertiary alicyclic amines) is 2. The molecule has 7 heteroatoms. The summed E-state index contributed by atoms with van der Waals surface area (Å²) in [5, 5.41) is 9.17. The molecule has 118 valence electrons. The van der Waals surface area contributed by atoms with E-state index < -0.39 is 17.9 Å². The van der Waals surface area contributed by atoms with Crippen molar-refractivity contribution in [1.29, 1.82) is 0 Å². The summed E-state index contributed by atoms with van der Waals surface area (Å²) in [7, 11) is 0. The van der Waals surface area contributed by atoms with Crippen LogP contribution in [0.4, 0.5) is 0 Å². The largest absolute Gasteiger partial charge is 0.480 e. The van der Waals surface area contributed by atoms with Crippen LogP contribution < -0.4 is 0 Å². The van der Waals surface area contributed by atoms with Crippen molar-refractivity contribution >= 4 is 17.8 Å². The Kier molecular flexibility index (Phi) is 3.87. The topological polar surface area (TPSA) is 91.1 Å². The number of hydrogen-bond acceptors (Lipinski definition) is 4. The van der Waals surface area contributed by atoms with Crippen molar-refractivity contribution in [3.8, 4) is 0 Å². The van der Waals surface area contributed by atoms with Crippen LogP contribution in [0.3, 0.4) is 0 Å². The van der Waals surface area contributed by atoms with E-state index in [2.05, 4.69) is 0 Å². The second-order valence-electron chi connectivity index (χ2n) is 5.78. The van der Waals surface area contributed by atoms with Gasteiger partial charge in [0.05, 0.1) is 18.7 Å². The van der Waals surface area contributed by atoms with Crippen molar-refractivity contribution in [2.75, 3.05) is 13.1 Å². The normalized spacial score (nSPS) is 25.0. The van der Waals surface area contributed by atoms with Crippen molar-refractivity contribution in [3.05, 3.63) is 24.2 Å². The Morgan fingerprint density at radius 3 is 2.91 bits per heavy atom. The fraction of sp³-hybridized carbons (Fsp3) is 0.533. The minimum atomic E-state index is -0.970. The first-order chi connectivity index (χ1) is 10.6. The maximum atomic E-state index is 12.5. The van der Waals surface area contributed by atoms with Crippen molar-refractivity contribution < 1.29 is 23.9 Å². The molecule has 2 fully saturated rings. The molecule has 0 bridgehead atoms. The van der Waals surface area contributed by atoms with Gasteiger partial charge in [-0.25, -0.2) is 4.79 Å². The summed E-state index contributed by atoms with van der Waals surface area (Å²) in [6.07, 6.45) is 2.86. The smallest absolute Gasteiger partial charge is 0.326 e. The van der Waals surface area contributed by atoms with Crippen molar-refractivity contribution in [2.24, 2.45) is 5.92 Å². The van der Waals surface area contributed by atoms with Gasteiger partial charge in [0.1, 0.15) is 11.8 Å². The molecule has 0 spiro atoms. The number of carboxylic acids is 1. The van der Waals surface area contributed by atoms with Gasteiger partial charge in [-0.05, 0) is 25.0 Å². The van der Waals surface area contributed by atoms with E-state index in [-0.39, 0.29) is 18.2 Å². The molecule has 1 aromatic heterocycles. The summed E-state index contributed by atoms with van der Waals surface area (Å²) in [6.45, 7) is 1.12. The highest BCUT2D eigenvalue weighted by Gasteiger charge is 2.41. The van der Waals surface area contributed by atoms with E-state index in [1.165, 1.54) is 4.90 Å². The fourth-order valence-electron chi connectivity index (χ4n) is 3.20. The maximum absolute atomic E-state index is 12.5. The van der Waals surface area contributed by atoms with E-state index in [1.807, 2.05) is 0 Å². The molecule has 2 unspecified atom stereocenters. The number of amides is 2. The Morgan fingerprint density at radius 2 is 2.23 bits per heavy atom. The van der Waals surface area contributed by atoms with Crippen molar-refractivity contribution in [1.82, 2.24) is 9.80 Å². The number of aliphatic carboxylic acids is 1. The standard InChI is InChI=1S/C15H18N2O5/c18-13-7-10(8-16(13)9-11-3-2-6-22-11)14(19)17-5-1-4-12(17)15(20)21/h2-3,6,10,12H,1,4-5,7-9H2,(H,20,21). The third-order valence-electron chi connectivity index (χ3n) is 4.31. The minimum absolute atomic E-state index is 0.0965. The molecule has 0 aliphatic carbocycles. The lowest BCUT2D eigenvalue weighted by molar-refractivity contribution is -0.149. The zero-order chi connectivity index (χ0) is 15.7. The summed E-state index contributed by atoms with van der Waals surface area (Å²) in [5.74, 6) is -1.07. The van der Waals surface area contributed by atoms with Crippen LogP contribution >= 0.6 is 0 Å². The molecule has 2 aliphatic heterocycles. The molecule has 2 saturated heterocycles. The van der Waals surface area contributed by atoms with E-state index >= 15 is 0 Å². The van der Waals surface area contributed by atoms with E-state index in [1.54, 1.807) is 23.3 Å². The third kappa shape index (κ3) is 2.70. The Bertz CT molecular complexity index is 583. The SMILES string of the molecule is O=C(O)C1CCCN1C(=O)C1CC(=O)N(Cc2ccco2)C1.